The largest absolute Gasteiger partial charge is 0.361 e. The zero-order valence-corrected chi connectivity index (χ0v) is 16.9. The number of rotatable bonds is 8. The normalized spacial score (nSPS) is 11.6. The van der Waals surface area contributed by atoms with Crippen molar-refractivity contribution < 1.29 is 13.2 Å². The minimum atomic E-state index is -3.65. The predicted octanol–water partition coefficient (Wildman–Crippen LogP) is 2.96. The van der Waals surface area contributed by atoms with Crippen molar-refractivity contribution in [1.29, 1.82) is 0 Å². The highest BCUT2D eigenvalue weighted by atomic mass is 79.9. The van der Waals surface area contributed by atoms with Gasteiger partial charge in [0.25, 0.3) is 0 Å². The summed E-state index contributed by atoms with van der Waals surface area (Å²) in [6.45, 7) is 0.542. The highest BCUT2D eigenvalue weighted by Gasteiger charge is 2.16. The molecule has 3 aromatic rings. The van der Waals surface area contributed by atoms with E-state index in [0.717, 1.165) is 16.5 Å². The van der Waals surface area contributed by atoms with Crippen LogP contribution in [0.2, 0.25) is 0 Å². The SMILES string of the molecule is O=C(CCNS(=O)(=O)c1ccccc1Br)NCCc1c[nH]c2ccccc12. The van der Waals surface area contributed by atoms with Crippen LogP contribution in [-0.2, 0) is 21.2 Å². The molecule has 0 spiro atoms. The van der Waals surface area contributed by atoms with Crippen LogP contribution in [0.5, 0.6) is 0 Å². The predicted molar refractivity (Wildman–Crippen MR) is 109 cm³/mol. The third-order valence-electron chi connectivity index (χ3n) is 4.16. The monoisotopic (exact) mass is 449 g/mol. The Labute approximate surface area is 166 Å². The van der Waals surface area contributed by atoms with Gasteiger partial charge >= 0.3 is 0 Å². The van der Waals surface area contributed by atoms with E-state index in [1.54, 1.807) is 18.2 Å². The number of hydrogen-bond donors (Lipinski definition) is 3. The number of aromatic amines is 1. The molecule has 3 rings (SSSR count). The first kappa shape index (κ1) is 19.6. The van der Waals surface area contributed by atoms with Crippen molar-refractivity contribution in [3.8, 4) is 0 Å². The van der Waals surface area contributed by atoms with Crippen LogP contribution < -0.4 is 10.0 Å². The minimum absolute atomic E-state index is 0.0442. The molecule has 0 fully saturated rings. The molecule has 3 N–H and O–H groups in total. The van der Waals surface area contributed by atoms with E-state index in [0.29, 0.717) is 17.4 Å². The maximum absolute atomic E-state index is 12.3. The molecule has 2 aromatic carbocycles. The van der Waals surface area contributed by atoms with E-state index in [1.165, 1.54) is 6.07 Å². The van der Waals surface area contributed by atoms with Crippen LogP contribution in [-0.4, -0.2) is 32.4 Å². The lowest BCUT2D eigenvalue weighted by Crippen LogP contribution is -2.31. The van der Waals surface area contributed by atoms with E-state index in [1.807, 2.05) is 30.5 Å². The molecule has 0 saturated heterocycles. The number of benzene rings is 2. The van der Waals surface area contributed by atoms with Gasteiger partial charge in [0.2, 0.25) is 15.9 Å². The summed E-state index contributed by atoms with van der Waals surface area (Å²) in [4.78, 5) is 15.3. The van der Waals surface area contributed by atoms with Gasteiger partial charge in [0.1, 0.15) is 0 Å². The first-order chi connectivity index (χ1) is 13.0. The van der Waals surface area contributed by atoms with Crippen molar-refractivity contribution in [3.05, 3.63) is 64.8 Å². The minimum Gasteiger partial charge on any atom is -0.361 e. The Morgan fingerprint density at radius 3 is 2.59 bits per heavy atom. The standard InChI is InChI=1S/C19H20BrN3O3S/c20-16-6-2-4-8-18(16)27(25,26)23-12-10-19(24)21-11-9-14-13-22-17-7-3-1-5-15(14)17/h1-8,13,22-23H,9-12H2,(H,21,24). The van der Waals surface area contributed by atoms with Crippen LogP contribution in [0.15, 0.2) is 64.1 Å². The molecule has 0 aliphatic heterocycles. The van der Waals surface area contributed by atoms with Crippen LogP contribution in [0, 0.1) is 0 Å². The smallest absolute Gasteiger partial charge is 0.241 e. The van der Waals surface area contributed by atoms with Crippen LogP contribution in [0.4, 0.5) is 0 Å². The zero-order valence-electron chi connectivity index (χ0n) is 14.5. The van der Waals surface area contributed by atoms with Gasteiger partial charge < -0.3 is 10.3 Å². The molecule has 142 valence electrons. The first-order valence-electron chi connectivity index (χ1n) is 8.53. The summed E-state index contributed by atoms with van der Waals surface area (Å²) in [5.41, 5.74) is 2.21. The lowest BCUT2D eigenvalue weighted by molar-refractivity contribution is -0.120. The topological polar surface area (TPSA) is 91.1 Å². The maximum atomic E-state index is 12.3. The summed E-state index contributed by atoms with van der Waals surface area (Å²) >= 11 is 3.22. The van der Waals surface area contributed by atoms with E-state index in [9.17, 15) is 13.2 Å². The Hall–Kier alpha value is -2.16. The summed E-state index contributed by atoms with van der Waals surface area (Å²) in [5, 5.41) is 3.97. The van der Waals surface area contributed by atoms with Gasteiger partial charge in [-0.2, -0.15) is 0 Å². The fourth-order valence-corrected chi connectivity index (χ4v) is 4.84. The van der Waals surface area contributed by atoms with Crippen molar-refractivity contribution in [2.45, 2.75) is 17.7 Å². The number of amides is 1. The third kappa shape index (κ3) is 4.97. The average Bonchev–Trinajstić information content (AvgIpc) is 3.05. The third-order valence-corrected chi connectivity index (χ3v) is 6.63. The molecule has 0 bridgehead atoms. The van der Waals surface area contributed by atoms with Gasteiger partial charge in [-0.15, -0.1) is 0 Å². The van der Waals surface area contributed by atoms with Crippen molar-refractivity contribution in [1.82, 2.24) is 15.0 Å². The maximum Gasteiger partial charge on any atom is 0.241 e. The van der Waals surface area contributed by atoms with Gasteiger partial charge in [-0.25, -0.2) is 13.1 Å². The van der Waals surface area contributed by atoms with E-state index >= 15 is 0 Å². The quantitative estimate of drug-likeness (QED) is 0.493. The van der Waals surface area contributed by atoms with E-state index < -0.39 is 10.0 Å². The number of H-pyrrole nitrogens is 1. The molecule has 0 aliphatic carbocycles. The highest BCUT2D eigenvalue weighted by Crippen LogP contribution is 2.20. The molecule has 0 saturated carbocycles. The number of hydrogen-bond acceptors (Lipinski definition) is 3. The highest BCUT2D eigenvalue weighted by molar-refractivity contribution is 9.10. The number of sulfonamides is 1. The van der Waals surface area contributed by atoms with Crippen LogP contribution in [0.25, 0.3) is 10.9 Å². The summed E-state index contributed by atoms with van der Waals surface area (Å²) in [6.07, 6.45) is 2.73. The molecule has 1 aromatic heterocycles. The second-order valence-corrected chi connectivity index (χ2v) is 8.63. The molecule has 0 unspecified atom stereocenters. The second kappa shape index (κ2) is 8.69. The Bertz CT molecular complexity index is 1050. The molecule has 8 heteroatoms. The van der Waals surface area contributed by atoms with Crippen molar-refractivity contribution in [3.63, 3.8) is 0 Å². The number of halogens is 1. The zero-order chi connectivity index (χ0) is 19.3. The molecule has 1 heterocycles. The van der Waals surface area contributed by atoms with Crippen LogP contribution >= 0.6 is 15.9 Å². The van der Waals surface area contributed by atoms with Crippen molar-refractivity contribution in [2.24, 2.45) is 0 Å². The van der Waals surface area contributed by atoms with E-state index in [4.69, 9.17) is 0 Å². The van der Waals surface area contributed by atoms with Gasteiger partial charge in [-0.05, 0) is 46.1 Å². The number of aromatic nitrogens is 1. The molecular weight excluding hydrogens is 430 g/mol. The van der Waals surface area contributed by atoms with Crippen molar-refractivity contribution >= 4 is 42.8 Å². The lowest BCUT2D eigenvalue weighted by atomic mass is 10.1. The van der Waals surface area contributed by atoms with Gasteiger partial charge in [0.05, 0.1) is 4.90 Å². The number of nitrogens with one attached hydrogen (secondary N) is 3. The Balaban J connectivity index is 1.44. The average molecular weight is 450 g/mol. The molecular formula is C19H20BrN3O3S. The molecule has 0 aliphatic rings. The number of para-hydroxylation sites is 1. The van der Waals surface area contributed by atoms with Gasteiger partial charge in [0.15, 0.2) is 0 Å². The molecule has 0 atom stereocenters. The lowest BCUT2D eigenvalue weighted by Gasteiger charge is -2.09. The Morgan fingerprint density at radius 2 is 1.78 bits per heavy atom. The summed E-state index contributed by atoms with van der Waals surface area (Å²) in [7, 11) is -3.65. The number of carbonyl (C=O) groups excluding carboxylic acids is 1. The first-order valence-corrected chi connectivity index (χ1v) is 10.8. The molecule has 6 nitrogen and oxygen atoms in total. The Kier molecular flexibility index (Phi) is 6.30. The van der Waals surface area contributed by atoms with Crippen LogP contribution in [0.1, 0.15) is 12.0 Å². The number of carbonyl (C=O) groups is 1. The molecule has 27 heavy (non-hydrogen) atoms. The van der Waals surface area contributed by atoms with Crippen molar-refractivity contribution in [2.75, 3.05) is 13.1 Å². The van der Waals surface area contributed by atoms with Crippen LogP contribution in [0.3, 0.4) is 0 Å². The second-order valence-electron chi connectivity index (χ2n) is 6.04. The van der Waals surface area contributed by atoms with Gasteiger partial charge in [0, 0.05) is 41.1 Å². The van der Waals surface area contributed by atoms with E-state index in [2.05, 4.69) is 31.0 Å². The molecule has 0 radical (unpaired) electrons. The Morgan fingerprint density at radius 1 is 1.04 bits per heavy atom. The number of fused-ring (bicyclic) bond motifs is 1. The fraction of sp³-hybridized carbons (Fsp3) is 0.211. The fourth-order valence-electron chi connectivity index (χ4n) is 2.80. The van der Waals surface area contributed by atoms with Gasteiger partial charge in [-0.1, -0.05) is 30.3 Å². The summed E-state index contributed by atoms with van der Waals surface area (Å²) in [5.74, 6) is -0.190. The summed E-state index contributed by atoms with van der Waals surface area (Å²) in [6, 6.07) is 14.6. The summed E-state index contributed by atoms with van der Waals surface area (Å²) < 4.78 is 27.4. The molecule has 1 amide bonds. The van der Waals surface area contributed by atoms with E-state index in [-0.39, 0.29) is 23.8 Å². The van der Waals surface area contributed by atoms with Gasteiger partial charge in [-0.3, -0.25) is 4.79 Å².